The molecule has 0 saturated heterocycles. The second-order valence-electron chi connectivity index (χ2n) is 5.66. The first kappa shape index (κ1) is 17.6. The number of imidazole rings is 1. The van der Waals surface area contributed by atoms with Crippen molar-refractivity contribution >= 4 is 5.91 Å². The summed E-state index contributed by atoms with van der Waals surface area (Å²) in [6.45, 7) is -0.291. The van der Waals surface area contributed by atoms with Crippen LogP contribution in [-0.2, 0) is 11.8 Å². The first-order valence-corrected chi connectivity index (χ1v) is 7.94. The molecule has 0 aliphatic rings. The third-order valence-corrected chi connectivity index (χ3v) is 3.82. The monoisotopic (exact) mass is 357 g/mol. The molecule has 0 aliphatic heterocycles. The van der Waals surface area contributed by atoms with E-state index in [1.807, 2.05) is 0 Å². The summed E-state index contributed by atoms with van der Waals surface area (Å²) in [5, 5.41) is 2.74. The first-order valence-electron chi connectivity index (χ1n) is 7.94. The molecule has 0 unspecified atom stereocenters. The molecule has 26 heavy (non-hydrogen) atoms. The molecule has 1 aromatic heterocycles. The fraction of sp³-hybridized carbons (Fsp3) is 0.158. The molecule has 2 aromatic carbocycles. The van der Waals surface area contributed by atoms with Gasteiger partial charge in [-0.25, -0.2) is 13.8 Å². The lowest BCUT2D eigenvalue weighted by Gasteiger charge is -2.19. The van der Waals surface area contributed by atoms with Crippen LogP contribution in [0.5, 0.6) is 5.75 Å². The predicted octanol–water partition coefficient (Wildman–Crippen LogP) is 2.98. The van der Waals surface area contributed by atoms with Gasteiger partial charge in [0.1, 0.15) is 29.3 Å². The molecule has 134 valence electrons. The predicted molar refractivity (Wildman–Crippen MR) is 91.5 cm³/mol. The van der Waals surface area contributed by atoms with Crippen LogP contribution >= 0.6 is 0 Å². The second-order valence-corrected chi connectivity index (χ2v) is 5.66. The largest absolute Gasteiger partial charge is 0.484 e. The lowest BCUT2D eigenvalue weighted by atomic mass is 10.1. The van der Waals surface area contributed by atoms with Gasteiger partial charge in [0, 0.05) is 25.0 Å². The number of benzene rings is 2. The Kier molecular flexibility index (Phi) is 5.26. The van der Waals surface area contributed by atoms with Gasteiger partial charge >= 0.3 is 0 Å². The fourth-order valence-corrected chi connectivity index (χ4v) is 2.53. The molecular weight excluding hydrogens is 340 g/mol. The maximum absolute atomic E-state index is 14.2. The highest BCUT2D eigenvalue weighted by molar-refractivity contribution is 5.78. The fourth-order valence-electron chi connectivity index (χ4n) is 2.53. The molecule has 7 heteroatoms. The van der Waals surface area contributed by atoms with Crippen molar-refractivity contribution in [1.82, 2.24) is 14.9 Å². The Hall–Kier alpha value is -3.22. The zero-order chi connectivity index (χ0) is 18.5. The molecule has 0 fully saturated rings. The molecule has 3 rings (SSSR count). The van der Waals surface area contributed by atoms with Crippen molar-refractivity contribution in [3.8, 4) is 5.75 Å². The van der Waals surface area contributed by atoms with Gasteiger partial charge in [0.05, 0.1) is 0 Å². The van der Waals surface area contributed by atoms with Gasteiger partial charge in [-0.3, -0.25) is 4.79 Å². The number of nitrogens with one attached hydrogen (secondary N) is 1. The zero-order valence-electron chi connectivity index (χ0n) is 14.0. The number of carbonyl (C=O) groups is 1. The first-order chi connectivity index (χ1) is 12.5. The van der Waals surface area contributed by atoms with Crippen molar-refractivity contribution in [3.63, 3.8) is 0 Å². The van der Waals surface area contributed by atoms with Gasteiger partial charge in [-0.2, -0.15) is 0 Å². The van der Waals surface area contributed by atoms with Crippen LogP contribution in [0.4, 0.5) is 8.78 Å². The van der Waals surface area contributed by atoms with Gasteiger partial charge in [0.25, 0.3) is 5.91 Å². The minimum atomic E-state index is -0.763. The summed E-state index contributed by atoms with van der Waals surface area (Å²) in [6, 6.07) is 10.8. The van der Waals surface area contributed by atoms with Crippen LogP contribution in [0.1, 0.15) is 17.4 Å². The average molecular weight is 357 g/mol. The molecule has 1 N–H and O–H groups in total. The van der Waals surface area contributed by atoms with E-state index >= 15 is 0 Å². The summed E-state index contributed by atoms with van der Waals surface area (Å²) < 4.78 is 34.2. The zero-order valence-corrected chi connectivity index (χ0v) is 14.0. The second kappa shape index (κ2) is 7.77. The SMILES string of the molecule is Cn1ccnc1[C@H](NC(=O)COc1ccc(F)cc1)c1ccccc1F. The number of hydrogen-bond acceptors (Lipinski definition) is 3. The molecule has 1 atom stereocenters. The molecule has 3 aromatic rings. The quantitative estimate of drug-likeness (QED) is 0.738. The molecule has 0 saturated carbocycles. The Morgan fingerprint density at radius 1 is 1.19 bits per heavy atom. The topological polar surface area (TPSA) is 56.2 Å². The Morgan fingerprint density at radius 2 is 1.92 bits per heavy atom. The minimum Gasteiger partial charge on any atom is -0.484 e. The van der Waals surface area contributed by atoms with Crippen LogP contribution < -0.4 is 10.1 Å². The molecule has 0 bridgehead atoms. The summed E-state index contributed by atoms with van der Waals surface area (Å²) in [5.41, 5.74) is 0.303. The van der Waals surface area contributed by atoms with Crippen molar-refractivity contribution in [3.05, 3.63) is 83.9 Å². The summed E-state index contributed by atoms with van der Waals surface area (Å²) >= 11 is 0. The van der Waals surface area contributed by atoms with E-state index in [4.69, 9.17) is 4.74 Å². The molecule has 1 heterocycles. The molecular formula is C19H17F2N3O2. The molecule has 0 aliphatic carbocycles. The van der Waals surface area contributed by atoms with Crippen molar-refractivity contribution < 1.29 is 18.3 Å². The summed E-state index contributed by atoms with van der Waals surface area (Å²) in [5.74, 6) is -0.437. The number of hydrogen-bond donors (Lipinski definition) is 1. The summed E-state index contributed by atoms with van der Waals surface area (Å²) in [7, 11) is 1.76. The smallest absolute Gasteiger partial charge is 0.258 e. The van der Waals surface area contributed by atoms with Crippen LogP contribution in [0.2, 0.25) is 0 Å². The highest BCUT2D eigenvalue weighted by Crippen LogP contribution is 2.23. The van der Waals surface area contributed by atoms with E-state index in [9.17, 15) is 13.6 Å². The number of aryl methyl sites for hydroxylation is 1. The van der Waals surface area contributed by atoms with Crippen molar-refractivity contribution in [2.45, 2.75) is 6.04 Å². The van der Waals surface area contributed by atoms with E-state index in [0.717, 1.165) is 0 Å². The van der Waals surface area contributed by atoms with Crippen LogP contribution in [0.3, 0.4) is 0 Å². The van der Waals surface area contributed by atoms with E-state index in [1.54, 1.807) is 42.2 Å². The van der Waals surface area contributed by atoms with Crippen molar-refractivity contribution in [2.75, 3.05) is 6.61 Å². The number of halogens is 2. The van der Waals surface area contributed by atoms with Gasteiger partial charge in [-0.05, 0) is 30.3 Å². The van der Waals surface area contributed by atoms with Gasteiger partial charge in [0.2, 0.25) is 0 Å². The van der Waals surface area contributed by atoms with Gasteiger partial charge < -0.3 is 14.6 Å². The number of amides is 1. The Labute approximate surface area is 149 Å². The van der Waals surface area contributed by atoms with E-state index in [1.165, 1.54) is 30.3 Å². The van der Waals surface area contributed by atoms with Gasteiger partial charge in [0.15, 0.2) is 6.61 Å². The number of aromatic nitrogens is 2. The number of carbonyl (C=O) groups excluding carboxylic acids is 1. The van der Waals surface area contributed by atoms with Crippen LogP contribution in [0, 0.1) is 11.6 Å². The van der Waals surface area contributed by atoms with Crippen LogP contribution in [0.15, 0.2) is 60.9 Å². The van der Waals surface area contributed by atoms with E-state index in [-0.39, 0.29) is 6.61 Å². The maximum Gasteiger partial charge on any atom is 0.258 e. The maximum atomic E-state index is 14.2. The highest BCUT2D eigenvalue weighted by atomic mass is 19.1. The van der Waals surface area contributed by atoms with E-state index in [0.29, 0.717) is 17.1 Å². The van der Waals surface area contributed by atoms with Crippen molar-refractivity contribution in [1.29, 1.82) is 0 Å². The van der Waals surface area contributed by atoms with Gasteiger partial charge in [-0.1, -0.05) is 18.2 Å². The summed E-state index contributed by atoms with van der Waals surface area (Å²) in [6.07, 6.45) is 3.29. The normalized spacial score (nSPS) is 11.8. The summed E-state index contributed by atoms with van der Waals surface area (Å²) in [4.78, 5) is 16.5. The Balaban J connectivity index is 1.75. The lowest BCUT2D eigenvalue weighted by Crippen LogP contribution is -2.35. The molecule has 5 nitrogen and oxygen atoms in total. The van der Waals surface area contributed by atoms with Crippen molar-refractivity contribution in [2.24, 2.45) is 7.05 Å². The Bertz CT molecular complexity index is 894. The van der Waals surface area contributed by atoms with Crippen LogP contribution in [0.25, 0.3) is 0 Å². The lowest BCUT2D eigenvalue weighted by molar-refractivity contribution is -0.123. The number of nitrogens with zero attached hydrogens (tertiary/aromatic N) is 2. The molecule has 0 radical (unpaired) electrons. The van der Waals surface area contributed by atoms with E-state index in [2.05, 4.69) is 10.3 Å². The standard InChI is InChI=1S/C19H17F2N3O2/c1-24-11-10-22-19(24)18(15-4-2-3-5-16(15)21)23-17(25)12-26-14-8-6-13(20)7-9-14/h2-11,18H,12H2,1H3,(H,23,25)/t18-/m1/s1. The highest BCUT2D eigenvalue weighted by Gasteiger charge is 2.23. The molecule has 0 spiro atoms. The Morgan fingerprint density at radius 3 is 2.58 bits per heavy atom. The average Bonchev–Trinajstić information content (AvgIpc) is 3.06. The minimum absolute atomic E-state index is 0.291. The van der Waals surface area contributed by atoms with Crippen LogP contribution in [-0.4, -0.2) is 22.1 Å². The third kappa shape index (κ3) is 4.05. The third-order valence-electron chi connectivity index (χ3n) is 3.82. The van der Waals surface area contributed by atoms with Gasteiger partial charge in [-0.15, -0.1) is 0 Å². The van der Waals surface area contributed by atoms with E-state index < -0.39 is 23.6 Å². The molecule has 1 amide bonds. The number of ether oxygens (including phenoxy) is 1. The number of rotatable bonds is 6.